The first-order chi connectivity index (χ1) is 11.1. The molecule has 6 nitrogen and oxygen atoms in total. The fourth-order valence-electron chi connectivity index (χ4n) is 1.82. The first kappa shape index (κ1) is 20.0. The number of hydrogen-bond donors (Lipinski definition) is 4. The van der Waals surface area contributed by atoms with Gasteiger partial charge < -0.3 is 20.8 Å². The topological polar surface area (TPSA) is 98.7 Å². The van der Waals surface area contributed by atoms with Gasteiger partial charge >= 0.3 is 0 Å². The van der Waals surface area contributed by atoms with Crippen LogP contribution in [-0.2, 0) is 4.79 Å². The number of rotatable bonds is 7. The summed E-state index contributed by atoms with van der Waals surface area (Å²) in [6.07, 6.45) is -1.42. The summed E-state index contributed by atoms with van der Waals surface area (Å²) < 4.78 is 26.6. The van der Waals surface area contributed by atoms with E-state index in [0.717, 1.165) is 18.2 Å². The second-order valence-corrected chi connectivity index (χ2v) is 6.29. The molecule has 0 aliphatic heterocycles. The number of carbonyl (C=O) groups excluding carboxylic acids is 2. The van der Waals surface area contributed by atoms with Gasteiger partial charge in [-0.15, -0.1) is 0 Å². The molecule has 2 atom stereocenters. The summed E-state index contributed by atoms with van der Waals surface area (Å²) in [6.45, 7) is 4.19. The second-order valence-electron chi connectivity index (χ2n) is 6.29. The van der Waals surface area contributed by atoms with Gasteiger partial charge in [-0.05, 0) is 25.1 Å². The summed E-state index contributed by atoms with van der Waals surface area (Å²) in [4.78, 5) is 23.7. The Bertz CT molecular complexity index is 608. The lowest BCUT2D eigenvalue weighted by atomic mass is 9.87. The van der Waals surface area contributed by atoms with E-state index in [-0.39, 0.29) is 13.2 Å². The highest BCUT2D eigenvalue weighted by Crippen LogP contribution is 2.19. The third-order valence-electron chi connectivity index (χ3n) is 3.53. The predicted molar refractivity (Wildman–Crippen MR) is 83.2 cm³/mol. The largest absolute Gasteiger partial charge is 0.396 e. The Morgan fingerprint density at radius 2 is 1.92 bits per heavy atom. The molecular weight excluding hydrogens is 322 g/mol. The molecule has 0 radical (unpaired) electrons. The van der Waals surface area contributed by atoms with Gasteiger partial charge in [-0.2, -0.15) is 0 Å². The van der Waals surface area contributed by atoms with Crippen LogP contribution in [0, 0.1) is 17.0 Å². The molecule has 0 saturated heterocycles. The Morgan fingerprint density at radius 3 is 2.50 bits per heavy atom. The Balaban J connectivity index is 2.57. The molecule has 8 heteroatoms. The van der Waals surface area contributed by atoms with Crippen molar-refractivity contribution in [3.63, 3.8) is 0 Å². The average molecular weight is 344 g/mol. The number of halogens is 2. The third kappa shape index (κ3) is 5.24. The van der Waals surface area contributed by atoms with Crippen molar-refractivity contribution in [1.82, 2.24) is 10.6 Å². The molecule has 0 heterocycles. The number of aliphatic hydroxyl groups excluding tert-OH is 2. The molecule has 0 bridgehead atoms. The van der Waals surface area contributed by atoms with Crippen LogP contribution in [0.25, 0.3) is 0 Å². The molecule has 0 fully saturated rings. The fraction of sp³-hybridized carbons (Fsp3) is 0.500. The van der Waals surface area contributed by atoms with E-state index in [1.165, 1.54) is 13.8 Å². The normalized spacial score (nSPS) is 14.0. The Labute approximate surface area is 138 Å². The maximum atomic E-state index is 13.5. The predicted octanol–water partition coefficient (Wildman–Crippen LogP) is 0.579. The van der Waals surface area contributed by atoms with Crippen molar-refractivity contribution in [2.75, 3.05) is 13.2 Å². The monoisotopic (exact) mass is 344 g/mol. The van der Waals surface area contributed by atoms with Crippen LogP contribution in [0.1, 0.15) is 31.1 Å². The van der Waals surface area contributed by atoms with Crippen molar-refractivity contribution in [1.29, 1.82) is 0 Å². The lowest BCUT2D eigenvalue weighted by Gasteiger charge is -2.27. The first-order valence-corrected chi connectivity index (χ1v) is 7.41. The Hall–Kier alpha value is -2.06. The molecule has 0 aliphatic carbocycles. The van der Waals surface area contributed by atoms with E-state index in [2.05, 4.69) is 10.6 Å². The van der Waals surface area contributed by atoms with Gasteiger partial charge in [0.25, 0.3) is 5.91 Å². The van der Waals surface area contributed by atoms with Crippen molar-refractivity contribution < 1.29 is 28.6 Å². The molecule has 24 heavy (non-hydrogen) atoms. The third-order valence-corrected chi connectivity index (χ3v) is 3.53. The maximum Gasteiger partial charge on any atom is 0.254 e. The number of nitrogens with one attached hydrogen (secondary N) is 2. The van der Waals surface area contributed by atoms with Gasteiger partial charge in [-0.3, -0.25) is 9.59 Å². The summed E-state index contributed by atoms with van der Waals surface area (Å²) in [5.41, 5.74) is -1.45. The number of carbonyl (C=O) groups is 2. The second kappa shape index (κ2) is 8.16. The number of amides is 2. The molecule has 4 N–H and O–H groups in total. The van der Waals surface area contributed by atoms with Gasteiger partial charge in [0, 0.05) is 18.0 Å². The molecule has 0 saturated carbocycles. The molecule has 0 aromatic heterocycles. The van der Waals surface area contributed by atoms with Crippen LogP contribution < -0.4 is 10.6 Å². The summed E-state index contributed by atoms with van der Waals surface area (Å²) in [5.74, 6) is -3.11. The molecule has 2 unspecified atom stereocenters. The van der Waals surface area contributed by atoms with Crippen LogP contribution >= 0.6 is 0 Å². The van der Waals surface area contributed by atoms with Crippen LogP contribution in [0.3, 0.4) is 0 Å². The van der Waals surface area contributed by atoms with E-state index < -0.39 is 46.6 Å². The lowest BCUT2D eigenvalue weighted by Crippen LogP contribution is -2.49. The van der Waals surface area contributed by atoms with Crippen LogP contribution in [0.2, 0.25) is 0 Å². The summed E-state index contributed by atoms with van der Waals surface area (Å²) in [5, 5.41) is 23.8. The minimum Gasteiger partial charge on any atom is -0.396 e. The van der Waals surface area contributed by atoms with Gasteiger partial charge in [0.1, 0.15) is 17.7 Å². The molecule has 1 aromatic carbocycles. The van der Waals surface area contributed by atoms with E-state index in [0.29, 0.717) is 0 Å². The van der Waals surface area contributed by atoms with Crippen molar-refractivity contribution >= 4 is 11.8 Å². The summed E-state index contributed by atoms with van der Waals surface area (Å²) in [7, 11) is 0. The fourth-order valence-corrected chi connectivity index (χ4v) is 1.82. The summed E-state index contributed by atoms with van der Waals surface area (Å²) >= 11 is 0. The SMILES string of the molecule is CC(CNC(=O)C(O)C(C)(C)CO)NC(=O)c1cc(F)ccc1F. The molecule has 1 aromatic rings. The highest BCUT2D eigenvalue weighted by atomic mass is 19.1. The van der Waals surface area contributed by atoms with Crippen molar-refractivity contribution in [2.24, 2.45) is 5.41 Å². The van der Waals surface area contributed by atoms with Gasteiger partial charge in [-0.25, -0.2) is 8.78 Å². The zero-order chi connectivity index (χ0) is 18.5. The molecular formula is C16H22F2N2O4. The minimum absolute atomic E-state index is 0.0277. The average Bonchev–Trinajstić information content (AvgIpc) is 2.53. The lowest BCUT2D eigenvalue weighted by molar-refractivity contribution is -0.137. The molecule has 1 rings (SSSR count). The van der Waals surface area contributed by atoms with Gasteiger partial charge in [0.05, 0.1) is 12.2 Å². The zero-order valence-electron chi connectivity index (χ0n) is 13.8. The molecule has 0 spiro atoms. The number of benzene rings is 1. The van der Waals surface area contributed by atoms with Gasteiger partial charge in [0.15, 0.2) is 0 Å². The Morgan fingerprint density at radius 1 is 1.29 bits per heavy atom. The van der Waals surface area contributed by atoms with Crippen molar-refractivity contribution in [2.45, 2.75) is 32.9 Å². The van der Waals surface area contributed by atoms with Gasteiger partial charge in [0.2, 0.25) is 5.91 Å². The van der Waals surface area contributed by atoms with Crippen molar-refractivity contribution in [3.05, 3.63) is 35.4 Å². The van der Waals surface area contributed by atoms with Crippen LogP contribution in [0.5, 0.6) is 0 Å². The maximum absolute atomic E-state index is 13.5. The number of hydrogen-bond acceptors (Lipinski definition) is 4. The van der Waals surface area contributed by atoms with E-state index in [1.807, 2.05) is 0 Å². The summed E-state index contributed by atoms with van der Waals surface area (Å²) in [6, 6.07) is 1.95. The van der Waals surface area contributed by atoms with E-state index in [9.17, 15) is 23.5 Å². The Kier molecular flexibility index (Phi) is 6.80. The molecule has 134 valence electrons. The van der Waals surface area contributed by atoms with Crippen LogP contribution in [0.4, 0.5) is 8.78 Å². The van der Waals surface area contributed by atoms with E-state index in [1.54, 1.807) is 6.92 Å². The van der Waals surface area contributed by atoms with Crippen molar-refractivity contribution in [3.8, 4) is 0 Å². The highest BCUT2D eigenvalue weighted by molar-refractivity contribution is 5.94. The molecule has 0 aliphatic rings. The van der Waals surface area contributed by atoms with E-state index in [4.69, 9.17) is 5.11 Å². The smallest absolute Gasteiger partial charge is 0.254 e. The first-order valence-electron chi connectivity index (χ1n) is 7.41. The van der Waals surface area contributed by atoms with E-state index >= 15 is 0 Å². The molecule has 2 amide bonds. The highest BCUT2D eigenvalue weighted by Gasteiger charge is 2.33. The quantitative estimate of drug-likeness (QED) is 0.581. The number of aliphatic hydroxyl groups is 2. The van der Waals surface area contributed by atoms with Gasteiger partial charge in [-0.1, -0.05) is 13.8 Å². The zero-order valence-corrected chi connectivity index (χ0v) is 13.8. The standard InChI is InChI=1S/C16H22F2N2O4/c1-9(7-19-15(24)13(22)16(2,3)8-21)20-14(23)11-6-10(17)4-5-12(11)18/h4-6,9,13,21-22H,7-8H2,1-3H3,(H,19,24)(H,20,23). The minimum atomic E-state index is -1.42. The van der Waals surface area contributed by atoms with Crippen LogP contribution in [0.15, 0.2) is 18.2 Å². The van der Waals surface area contributed by atoms with Crippen LogP contribution in [-0.4, -0.2) is 47.3 Å².